The molecular formula is C47H81N3O14. The molecule has 0 spiro atoms. The SMILES string of the molecule is CC[C@H]1OC(=O)[C@H](C)[C@@H](O[C@H]2C[C@@](C)(OC)[C@@H](OC(=O)NCc3ccc(OC)cc3)[C@H](C)O2)[C@H](C)[C@@H](O[C@@H]2O[C@H](C)C[C@H](N(C)C)[C@H]2O)[C@@](C)(O)C[C@@H](C)CN(C)[C@H](C)[C@@H](O)[C@]1(C)O. The average molecular weight is 912 g/mol. The van der Waals surface area contributed by atoms with Crippen molar-refractivity contribution in [2.75, 3.05) is 41.9 Å². The number of hydrogen-bond donors (Lipinski definition) is 5. The molecule has 1 amide bonds. The van der Waals surface area contributed by atoms with E-state index >= 15 is 0 Å². The van der Waals surface area contributed by atoms with E-state index in [0.717, 1.165) is 5.56 Å². The zero-order chi connectivity index (χ0) is 48.1. The number of benzene rings is 1. The highest BCUT2D eigenvalue weighted by Crippen LogP contribution is 2.41. The van der Waals surface area contributed by atoms with Gasteiger partial charge in [-0.2, -0.15) is 0 Å². The van der Waals surface area contributed by atoms with Crippen LogP contribution in [0.5, 0.6) is 5.75 Å². The summed E-state index contributed by atoms with van der Waals surface area (Å²) >= 11 is 0. The fourth-order valence-electron chi connectivity index (χ4n) is 10.0. The van der Waals surface area contributed by atoms with Crippen LogP contribution in [-0.4, -0.2) is 174 Å². The standard InChI is InChI=1S/C47H81N3O14/c1-16-35-47(10,56)39(52)30(6)50(13)25-26(2)22-45(8,55)40(63-43-37(51)34(49(11)12)21-27(3)59-43)28(4)38(29(5)42(53)61-35)62-36-23-46(9,58-15)41(31(7)60-36)64-44(54)48-24-32-17-19-33(57-14)20-18-32/h17-20,26-31,34-41,43,51-52,55-56H,16,21-25H2,1-15H3,(H,48,54)/t26-,27-,28+,29-,30-,31+,34+,35-,36+,37-,38+,39-,40-,41+,43+,45+,46-,47-/m1/s1. The molecule has 3 saturated heterocycles. The van der Waals surface area contributed by atoms with Gasteiger partial charge in [0, 0.05) is 44.6 Å². The second-order valence-corrected chi connectivity index (χ2v) is 19.7. The molecule has 4 rings (SSSR count). The quantitative estimate of drug-likeness (QED) is 0.200. The maximum Gasteiger partial charge on any atom is 0.407 e. The third kappa shape index (κ3) is 12.8. The zero-order valence-corrected chi connectivity index (χ0v) is 41.0. The number of hydrogen-bond acceptors (Lipinski definition) is 16. The maximum atomic E-state index is 14.5. The average Bonchev–Trinajstić information content (AvgIpc) is 3.23. The Morgan fingerprint density at radius 1 is 0.953 bits per heavy atom. The van der Waals surface area contributed by atoms with Gasteiger partial charge < -0.3 is 73.4 Å². The Bertz CT molecular complexity index is 1630. The summed E-state index contributed by atoms with van der Waals surface area (Å²) in [5.74, 6) is -2.09. The van der Waals surface area contributed by atoms with Crippen molar-refractivity contribution < 1.29 is 67.9 Å². The molecule has 17 heteroatoms. The summed E-state index contributed by atoms with van der Waals surface area (Å²) in [6.07, 6.45) is -9.47. The Balaban J connectivity index is 1.73. The monoisotopic (exact) mass is 912 g/mol. The van der Waals surface area contributed by atoms with E-state index < -0.39 is 102 Å². The first-order valence-electron chi connectivity index (χ1n) is 22.9. The summed E-state index contributed by atoms with van der Waals surface area (Å²) in [4.78, 5) is 31.5. The van der Waals surface area contributed by atoms with Gasteiger partial charge in [-0.05, 0) is 112 Å². The minimum absolute atomic E-state index is 0.0589. The Labute approximate surface area is 381 Å². The van der Waals surface area contributed by atoms with Crippen LogP contribution in [0.15, 0.2) is 24.3 Å². The molecule has 0 saturated carbocycles. The number of carbonyl (C=O) groups is 2. The molecule has 3 aliphatic heterocycles. The van der Waals surface area contributed by atoms with Gasteiger partial charge in [-0.25, -0.2) is 4.79 Å². The molecule has 1 aromatic carbocycles. The summed E-state index contributed by atoms with van der Waals surface area (Å²) in [7, 11) is 8.68. The largest absolute Gasteiger partial charge is 0.497 e. The number of aliphatic hydroxyl groups is 4. The Morgan fingerprint density at radius 2 is 1.59 bits per heavy atom. The summed E-state index contributed by atoms with van der Waals surface area (Å²) in [5, 5.41) is 50.6. The van der Waals surface area contributed by atoms with Gasteiger partial charge in [0.25, 0.3) is 0 Å². The van der Waals surface area contributed by atoms with Crippen LogP contribution < -0.4 is 10.1 Å². The van der Waals surface area contributed by atoms with Crippen molar-refractivity contribution in [3.8, 4) is 5.75 Å². The lowest BCUT2D eigenvalue weighted by atomic mass is 9.77. The first kappa shape index (κ1) is 53.9. The van der Waals surface area contributed by atoms with Crippen LogP contribution >= 0.6 is 0 Å². The minimum Gasteiger partial charge on any atom is -0.497 e. The van der Waals surface area contributed by atoms with E-state index in [9.17, 15) is 30.0 Å². The number of rotatable bonds is 11. The van der Waals surface area contributed by atoms with Gasteiger partial charge in [0.1, 0.15) is 35.3 Å². The van der Waals surface area contributed by atoms with Crippen LogP contribution in [0.1, 0.15) is 100 Å². The molecule has 3 aliphatic rings. The summed E-state index contributed by atoms with van der Waals surface area (Å²) < 4.78 is 49.7. The Kier molecular flexibility index (Phi) is 18.9. The molecule has 0 radical (unpaired) electrons. The fourth-order valence-corrected chi connectivity index (χ4v) is 10.0. The number of esters is 1. The molecule has 0 aromatic heterocycles. The molecule has 3 fully saturated rings. The van der Waals surface area contributed by atoms with E-state index in [0.29, 0.717) is 18.7 Å². The molecule has 3 heterocycles. The molecule has 368 valence electrons. The van der Waals surface area contributed by atoms with Crippen molar-refractivity contribution in [1.29, 1.82) is 0 Å². The lowest BCUT2D eigenvalue weighted by molar-refractivity contribution is -0.317. The van der Waals surface area contributed by atoms with Crippen molar-refractivity contribution in [3.63, 3.8) is 0 Å². The summed E-state index contributed by atoms with van der Waals surface area (Å²) in [6, 6.07) is 6.41. The third-order valence-corrected chi connectivity index (χ3v) is 14.0. The Hall–Kier alpha value is -2.68. The van der Waals surface area contributed by atoms with Gasteiger partial charge in [0.05, 0.1) is 43.0 Å². The van der Waals surface area contributed by atoms with Crippen molar-refractivity contribution in [2.24, 2.45) is 17.8 Å². The van der Waals surface area contributed by atoms with Crippen molar-refractivity contribution >= 4 is 12.1 Å². The topological polar surface area (TPSA) is 207 Å². The molecule has 64 heavy (non-hydrogen) atoms. The van der Waals surface area contributed by atoms with E-state index in [4.69, 9.17) is 37.9 Å². The predicted octanol–water partition coefficient (Wildman–Crippen LogP) is 3.84. The molecular weight excluding hydrogens is 831 g/mol. The number of ether oxygens (including phenoxy) is 8. The van der Waals surface area contributed by atoms with E-state index in [1.807, 2.05) is 63.8 Å². The van der Waals surface area contributed by atoms with Gasteiger partial charge in [0.2, 0.25) is 0 Å². The van der Waals surface area contributed by atoms with Crippen LogP contribution in [-0.2, 0) is 44.5 Å². The number of methoxy groups -OCH3 is 2. The molecule has 1 aromatic rings. The first-order valence-corrected chi connectivity index (χ1v) is 22.9. The molecule has 0 aliphatic carbocycles. The highest BCUT2D eigenvalue weighted by molar-refractivity contribution is 5.73. The van der Waals surface area contributed by atoms with E-state index in [1.54, 1.807) is 60.8 Å². The number of carbonyl (C=O) groups excluding carboxylic acids is 2. The number of aliphatic hydroxyl groups excluding tert-OH is 2. The van der Waals surface area contributed by atoms with Crippen molar-refractivity contribution in [2.45, 2.75) is 192 Å². The first-order chi connectivity index (χ1) is 29.8. The molecule has 0 bridgehead atoms. The van der Waals surface area contributed by atoms with E-state index in [2.05, 4.69) is 5.32 Å². The summed E-state index contributed by atoms with van der Waals surface area (Å²) in [5.41, 5.74) is -3.74. The fraction of sp³-hybridized carbons (Fsp3) is 0.830. The number of nitrogens with one attached hydrogen (secondary N) is 1. The normalized spacial score (nSPS) is 42.2. The van der Waals surface area contributed by atoms with Crippen molar-refractivity contribution in [1.82, 2.24) is 15.1 Å². The van der Waals surface area contributed by atoms with Gasteiger partial charge in [-0.1, -0.05) is 32.9 Å². The van der Waals surface area contributed by atoms with Gasteiger partial charge in [-0.3, -0.25) is 4.79 Å². The number of nitrogens with zero attached hydrogens (tertiary/aromatic N) is 2. The lowest BCUT2D eigenvalue weighted by Gasteiger charge is -2.49. The lowest BCUT2D eigenvalue weighted by Crippen LogP contribution is -2.61. The number of amides is 1. The minimum atomic E-state index is -1.84. The number of cyclic esters (lactones) is 1. The molecule has 18 atom stereocenters. The number of alkyl carbamates (subject to hydrolysis) is 1. The van der Waals surface area contributed by atoms with Gasteiger partial charge >= 0.3 is 12.1 Å². The highest BCUT2D eigenvalue weighted by atomic mass is 16.7. The zero-order valence-electron chi connectivity index (χ0n) is 41.0. The van der Waals surface area contributed by atoms with E-state index in [-0.39, 0.29) is 43.9 Å². The summed E-state index contributed by atoms with van der Waals surface area (Å²) in [6.45, 7) is 18.2. The second kappa shape index (κ2) is 22.4. The Morgan fingerprint density at radius 3 is 2.17 bits per heavy atom. The predicted molar refractivity (Wildman–Crippen MR) is 238 cm³/mol. The van der Waals surface area contributed by atoms with Crippen LogP contribution in [0.3, 0.4) is 0 Å². The molecule has 17 nitrogen and oxygen atoms in total. The highest BCUT2D eigenvalue weighted by Gasteiger charge is 2.53. The molecule has 0 unspecified atom stereocenters. The van der Waals surface area contributed by atoms with Crippen molar-refractivity contribution in [3.05, 3.63) is 29.8 Å². The van der Waals surface area contributed by atoms with Crippen LogP contribution in [0.2, 0.25) is 0 Å². The van der Waals surface area contributed by atoms with Crippen LogP contribution in [0, 0.1) is 17.8 Å². The van der Waals surface area contributed by atoms with E-state index in [1.165, 1.54) is 14.0 Å². The smallest absolute Gasteiger partial charge is 0.407 e. The maximum absolute atomic E-state index is 14.5. The third-order valence-electron chi connectivity index (χ3n) is 14.0. The van der Waals surface area contributed by atoms with Gasteiger partial charge in [0.15, 0.2) is 18.7 Å². The molecule has 5 N–H and O–H groups in total. The van der Waals surface area contributed by atoms with Gasteiger partial charge in [-0.15, -0.1) is 0 Å². The number of likely N-dealkylation sites (N-methyl/N-ethyl adjacent to an activating group) is 2. The second-order valence-electron chi connectivity index (χ2n) is 19.7. The van der Waals surface area contributed by atoms with Crippen LogP contribution in [0.25, 0.3) is 0 Å². The van der Waals surface area contributed by atoms with Crippen LogP contribution in [0.4, 0.5) is 4.79 Å².